The highest BCUT2D eigenvalue weighted by Gasteiger charge is 2.25. The van der Waals surface area contributed by atoms with Crippen LogP contribution in [0.3, 0.4) is 0 Å². The lowest BCUT2D eigenvalue weighted by atomic mass is 10.1. The van der Waals surface area contributed by atoms with Gasteiger partial charge in [-0.15, -0.1) is 6.61 Å². The van der Waals surface area contributed by atoms with Gasteiger partial charge in [-0.3, -0.25) is 0 Å². The minimum atomic E-state index is 0. The van der Waals surface area contributed by atoms with E-state index in [1.165, 1.54) is 164 Å². The van der Waals surface area contributed by atoms with Gasteiger partial charge in [-0.05, 0) is 51.4 Å². The molecule has 40 heavy (non-hydrogen) atoms. The molecular weight excluding hydrogens is 492 g/mol. The molecule has 0 atom stereocenters. The lowest BCUT2D eigenvalue weighted by Crippen LogP contribution is -2.50. The van der Waals surface area contributed by atoms with E-state index in [-0.39, 0.29) is 12.1 Å². The Morgan fingerprint density at radius 2 is 0.450 bits per heavy atom. The molecule has 0 aliphatic heterocycles. The first-order valence-electron chi connectivity index (χ1n) is 18.2. The van der Waals surface area contributed by atoms with Gasteiger partial charge in [0, 0.05) is 0 Å². The Hall–Kier alpha value is -0.160. The molecule has 0 rings (SSSR count). The van der Waals surface area contributed by atoms with Crippen molar-refractivity contribution in [3.05, 3.63) is 0 Å². The maximum atomic E-state index is 9.53. The number of hydrogen-bond acceptors (Lipinski definition) is 2. The van der Waals surface area contributed by atoms with Crippen LogP contribution in [0, 0.1) is 0 Å². The van der Waals surface area contributed by atoms with Gasteiger partial charge in [-0.25, -0.2) is 0 Å². The van der Waals surface area contributed by atoms with Gasteiger partial charge in [-0.2, -0.15) is 0 Å². The fourth-order valence-corrected chi connectivity index (χ4v) is 5.43. The van der Waals surface area contributed by atoms with Crippen LogP contribution in [0.15, 0.2) is 0 Å². The van der Waals surface area contributed by atoms with Gasteiger partial charge in [0.15, 0.2) is 0 Å². The second kappa shape index (κ2) is 36.9. The summed E-state index contributed by atoms with van der Waals surface area (Å²) in [5, 5.41) is 9.53. The van der Waals surface area contributed by atoms with Crippen LogP contribution in [0.5, 0.6) is 0 Å². The van der Waals surface area contributed by atoms with E-state index < -0.39 is 0 Å². The predicted molar refractivity (Wildman–Crippen MR) is 180 cm³/mol. The fraction of sp³-hybridized carbons (Fsp3) is 1.00. The van der Waals surface area contributed by atoms with Crippen molar-refractivity contribution in [2.24, 2.45) is 0 Å². The van der Waals surface area contributed by atoms with Crippen LogP contribution in [0.4, 0.5) is 0 Å². The molecule has 0 fully saturated rings. The highest BCUT2D eigenvalue weighted by molar-refractivity contribution is 4.50. The van der Waals surface area contributed by atoms with Crippen LogP contribution in [0.25, 0.3) is 0 Å². The Morgan fingerprint density at radius 1 is 0.300 bits per heavy atom. The second-order valence-electron chi connectivity index (χ2n) is 12.4. The number of quaternary nitrogens is 2. The molecule has 0 unspecified atom stereocenters. The second-order valence-corrected chi connectivity index (χ2v) is 12.4. The Morgan fingerprint density at radius 3 is 0.525 bits per heavy atom. The van der Waals surface area contributed by atoms with Gasteiger partial charge in [0.2, 0.25) is 0 Å². The zero-order valence-corrected chi connectivity index (χ0v) is 29.8. The predicted octanol–water partition coefficient (Wildman–Crippen LogP) is 9.98. The van der Waals surface area contributed by atoms with E-state index in [4.69, 9.17) is 0 Å². The summed E-state index contributed by atoms with van der Waals surface area (Å²) in [6, 6.07) is 0. The van der Waals surface area contributed by atoms with Gasteiger partial charge in [0.1, 0.15) is 0 Å². The van der Waals surface area contributed by atoms with Crippen molar-refractivity contribution in [2.45, 2.75) is 178 Å². The van der Waals surface area contributed by atoms with Crippen molar-refractivity contribution in [3.63, 3.8) is 0 Å². The molecule has 0 aromatic rings. The summed E-state index contributed by atoms with van der Waals surface area (Å²) in [6.07, 6.45) is 24.0. The molecule has 4 heteroatoms. The smallest absolute Gasteiger partial charge is 0.0786 e. The van der Waals surface area contributed by atoms with Gasteiger partial charge >= 0.3 is 0 Å². The molecule has 0 spiro atoms. The summed E-state index contributed by atoms with van der Waals surface area (Å²) in [5.74, 6) is 0. The van der Waals surface area contributed by atoms with Crippen LogP contribution in [0.2, 0.25) is 0 Å². The van der Waals surface area contributed by atoms with Crippen LogP contribution in [-0.2, 0) is 0 Å². The quantitative estimate of drug-likeness (QED) is 0.0965. The highest BCUT2D eigenvalue weighted by Crippen LogP contribution is 2.17. The van der Waals surface area contributed by atoms with E-state index in [2.05, 4.69) is 55.4 Å². The van der Waals surface area contributed by atoms with Crippen molar-refractivity contribution < 1.29 is 19.5 Å². The first kappa shape index (κ1) is 46.8. The Kier molecular flexibility index (Phi) is 43.1. The average Bonchev–Trinajstić information content (AvgIpc) is 2.96. The molecule has 1 N–H and O–H groups in total. The summed E-state index contributed by atoms with van der Waals surface area (Å²) < 4.78 is 2.84. The monoisotopic (exact) mass is 575 g/mol. The molecule has 248 valence electrons. The van der Waals surface area contributed by atoms with E-state index in [1.807, 2.05) is 6.92 Å². The molecule has 0 aromatic heterocycles. The Labute approximate surface area is 256 Å². The third-order valence-electron chi connectivity index (χ3n) is 8.39. The number of rotatable bonds is 26. The number of unbranched alkanes of at least 4 members (excludes halogenated alkanes) is 9. The maximum Gasteiger partial charge on any atom is 0.0786 e. The Balaban J connectivity index is -0.000000271. The van der Waals surface area contributed by atoms with E-state index in [0.717, 1.165) is 12.8 Å². The van der Waals surface area contributed by atoms with Crippen LogP contribution in [-0.4, -0.2) is 73.4 Å². The third kappa shape index (κ3) is 29.3. The lowest BCUT2D eigenvalue weighted by Gasteiger charge is -2.39. The number of nitrogens with zero attached hydrogens (tertiary/aromatic N) is 2. The SMILES string of the molecule is CCCC[N+](CCCC)(CCCC)CCCC.CCCC[N+](CCCC)(CCCC)CCCC.CCCC[O-].[OH-]. The molecule has 0 aromatic carbocycles. The molecule has 0 heterocycles. The fourth-order valence-electron chi connectivity index (χ4n) is 5.43. The first-order valence-corrected chi connectivity index (χ1v) is 18.2. The molecule has 0 aliphatic carbocycles. The summed E-state index contributed by atoms with van der Waals surface area (Å²) >= 11 is 0. The third-order valence-corrected chi connectivity index (χ3v) is 8.39. The minimum absolute atomic E-state index is 0. The maximum absolute atomic E-state index is 9.53. The highest BCUT2D eigenvalue weighted by atomic mass is 16.2. The average molecular weight is 575 g/mol. The van der Waals surface area contributed by atoms with E-state index in [1.54, 1.807) is 0 Å². The topological polar surface area (TPSA) is 53.1 Å². The molecule has 4 nitrogen and oxygen atoms in total. The van der Waals surface area contributed by atoms with E-state index >= 15 is 0 Å². The summed E-state index contributed by atoms with van der Waals surface area (Å²) in [7, 11) is 0. The van der Waals surface area contributed by atoms with E-state index in [0.29, 0.717) is 0 Å². The van der Waals surface area contributed by atoms with Gasteiger partial charge in [0.05, 0.1) is 52.4 Å². The minimum Gasteiger partial charge on any atom is -0.870 e. The van der Waals surface area contributed by atoms with Gasteiger partial charge in [-0.1, -0.05) is 127 Å². The number of hydrogen-bond donors (Lipinski definition) is 0. The van der Waals surface area contributed by atoms with Crippen LogP contribution >= 0.6 is 0 Å². The van der Waals surface area contributed by atoms with Crippen LogP contribution < -0.4 is 5.11 Å². The normalized spacial score (nSPS) is 11.2. The standard InChI is InChI=1S/2C16H36N.C4H9O.H2O/c2*1-5-9-13-17(14-10-6-2,15-11-7-3)16-12-8-4;1-2-3-4-5;/h2*5-16H2,1-4H3;2-4H2,1H3;1H2/q2*+1;-1;/p-1. The van der Waals surface area contributed by atoms with Crippen molar-refractivity contribution in [1.82, 2.24) is 0 Å². The van der Waals surface area contributed by atoms with Crippen LogP contribution in [0.1, 0.15) is 178 Å². The summed E-state index contributed by atoms with van der Waals surface area (Å²) in [4.78, 5) is 0. The zero-order valence-electron chi connectivity index (χ0n) is 29.8. The van der Waals surface area contributed by atoms with Crippen molar-refractivity contribution in [2.75, 3.05) is 59.0 Å². The molecular formula is C36H82N2O2. The first-order chi connectivity index (χ1) is 18.9. The molecule has 0 bridgehead atoms. The zero-order chi connectivity index (χ0) is 30.1. The lowest BCUT2D eigenvalue weighted by molar-refractivity contribution is -0.929. The molecule has 0 saturated heterocycles. The van der Waals surface area contributed by atoms with Gasteiger partial charge in [0.25, 0.3) is 0 Å². The summed E-state index contributed by atoms with van der Waals surface area (Å²) in [6.45, 7) is 32.1. The van der Waals surface area contributed by atoms with E-state index in [9.17, 15) is 5.11 Å². The largest absolute Gasteiger partial charge is 0.870 e. The summed E-state index contributed by atoms with van der Waals surface area (Å²) in [5.41, 5.74) is 0. The molecule has 0 saturated carbocycles. The molecule has 0 radical (unpaired) electrons. The molecule has 0 amide bonds. The van der Waals surface area contributed by atoms with Crippen molar-refractivity contribution >= 4 is 0 Å². The Bertz CT molecular complexity index is 318. The molecule has 0 aliphatic rings. The van der Waals surface area contributed by atoms with Gasteiger partial charge < -0.3 is 19.5 Å². The van der Waals surface area contributed by atoms with Crippen molar-refractivity contribution in [1.29, 1.82) is 0 Å². The van der Waals surface area contributed by atoms with Crippen molar-refractivity contribution in [3.8, 4) is 0 Å².